The molecule has 1 N–H and O–H groups in total. The van der Waals surface area contributed by atoms with Gasteiger partial charge in [-0.15, -0.1) is 0 Å². The Morgan fingerprint density at radius 1 is 0.963 bits per heavy atom. The lowest BCUT2D eigenvalue weighted by Crippen LogP contribution is -2.03. The van der Waals surface area contributed by atoms with Gasteiger partial charge in [0.15, 0.2) is 11.5 Å². The van der Waals surface area contributed by atoms with Crippen molar-refractivity contribution in [2.24, 2.45) is 0 Å². The van der Waals surface area contributed by atoms with Crippen molar-refractivity contribution in [1.29, 1.82) is 0 Å². The summed E-state index contributed by atoms with van der Waals surface area (Å²) in [7, 11) is 1.62. The van der Waals surface area contributed by atoms with Crippen LogP contribution in [0.2, 0.25) is 0 Å². The Bertz CT molecular complexity index is 895. The van der Waals surface area contributed by atoms with Gasteiger partial charge in [-0.05, 0) is 54.4 Å². The molecule has 3 rings (SSSR count). The zero-order valence-electron chi connectivity index (χ0n) is 15.3. The molecule has 5 heteroatoms. The molecule has 0 saturated carbocycles. The van der Waals surface area contributed by atoms with Gasteiger partial charge in [0.2, 0.25) is 0 Å². The number of hydrogen-bond acceptors (Lipinski definition) is 3. The number of anilines is 1. The number of aryl methyl sites for hydroxylation is 1. The van der Waals surface area contributed by atoms with Crippen LogP contribution in [0, 0.1) is 12.7 Å². The molecule has 0 aliphatic rings. The second-order valence-corrected chi connectivity index (χ2v) is 7.08. The van der Waals surface area contributed by atoms with Gasteiger partial charge in [0, 0.05) is 16.7 Å². The zero-order chi connectivity index (χ0) is 19.2. The molecule has 0 aliphatic heterocycles. The standard InChI is InChI=1S/C22H21BrFNO2/c1-15-3-9-19(10-4-15)25-13-17-11-21(26-2)22(12-20(17)23)27-14-16-5-7-18(24)8-6-16/h3-12,25H,13-14H2,1-2H3. The largest absolute Gasteiger partial charge is 0.493 e. The SMILES string of the molecule is COc1cc(CNc2ccc(C)cc2)c(Br)cc1OCc1ccc(F)cc1. The number of halogens is 2. The molecule has 0 atom stereocenters. The predicted octanol–water partition coefficient (Wildman–Crippen LogP) is 6.10. The molecule has 0 spiro atoms. The highest BCUT2D eigenvalue weighted by Crippen LogP contribution is 2.34. The fourth-order valence-corrected chi connectivity index (χ4v) is 3.06. The summed E-state index contributed by atoms with van der Waals surface area (Å²) in [5.74, 6) is 1.03. The molecule has 3 nitrogen and oxygen atoms in total. The molecule has 3 aromatic rings. The Morgan fingerprint density at radius 2 is 1.67 bits per heavy atom. The number of ether oxygens (including phenoxy) is 2. The van der Waals surface area contributed by atoms with Crippen LogP contribution in [0.1, 0.15) is 16.7 Å². The van der Waals surface area contributed by atoms with Crippen LogP contribution in [0.15, 0.2) is 65.1 Å². The van der Waals surface area contributed by atoms with E-state index in [9.17, 15) is 4.39 Å². The number of hydrogen-bond donors (Lipinski definition) is 1. The van der Waals surface area contributed by atoms with Gasteiger partial charge < -0.3 is 14.8 Å². The first-order chi connectivity index (χ1) is 13.0. The van der Waals surface area contributed by atoms with Crippen molar-refractivity contribution >= 4 is 21.6 Å². The minimum atomic E-state index is -0.260. The molecular formula is C22H21BrFNO2. The maximum Gasteiger partial charge on any atom is 0.162 e. The first kappa shape index (κ1) is 19.2. The molecule has 0 fully saturated rings. The molecule has 0 aromatic heterocycles. The molecule has 27 heavy (non-hydrogen) atoms. The van der Waals surface area contributed by atoms with Crippen LogP contribution in [0.5, 0.6) is 11.5 Å². The summed E-state index contributed by atoms with van der Waals surface area (Å²) in [6, 6.07) is 18.4. The molecule has 0 bridgehead atoms. The number of nitrogens with one attached hydrogen (secondary N) is 1. The molecule has 0 heterocycles. The maximum absolute atomic E-state index is 13.0. The van der Waals surface area contributed by atoms with Crippen molar-refractivity contribution in [2.75, 3.05) is 12.4 Å². The highest BCUT2D eigenvalue weighted by Gasteiger charge is 2.11. The molecule has 3 aromatic carbocycles. The Labute approximate surface area is 167 Å². The van der Waals surface area contributed by atoms with E-state index >= 15 is 0 Å². The van der Waals surface area contributed by atoms with Crippen molar-refractivity contribution in [1.82, 2.24) is 0 Å². The van der Waals surface area contributed by atoms with Gasteiger partial charge in [-0.25, -0.2) is 4.39 Å². The second kappa shape index (κ2) is 8.91. The molecule has 0 amide bonds. The van der Waals surface area contributed by atoms with E-state index < -0.39 is 0 Å². The molecular weight excluding hydrogens is 409 g/mol. The number of rotatable bonds is 7. The van der Waals surface area contributed by atoms with Crippen molar-refractivity contribution < 1.29 is 13.9 Å². The van der Waals surface area contributed by atoms with E-state index in [2.05, 4.69) is 52.4 Å². The summed E-state index contributed by atoms with van der Waals surface area (Å²) in [5.41, 5.74) is 4.23. The lowest BCUT2D eigenvalue weighted by Gasteiger charge is -2.15. The van der Waals surface area contributed by atoms with E-state index in [0.717, 1.165) is 21.3 Å². The average Bonchev–Trinajstić information content (AvgIpc) is 2.68. The number of benzene rings is 3. The zero-order valence-corrected chi connectivity index (χ0v) is 16.8. The van der Waals surface area contributed by atoms with Crippen molar-refractivity contribution in [3.63, 3.8) is 0 Å². The summed E-state index contributed by atoms with van der Waals surface area (Å²) < 4.78 is 25.3. The second-order valence-electron chi connectivity index (χ2n) is 6.23. The summed E-state index contributed by atoms with van der Waals surface area (Å²) >= 11 is 3.61. The Kier molecular flexibility index (Phi) is 6.35. The van der Waals surface area contributed by atoms with E-state index in [0.29, 0.717) is 24.7 Å². The summed E-state index contributed by atoms with van der Waals surface area (Å²) in [5, 5.41) is 3.40. The van der Waals surface area contributed by atoms with Crippen molar-refractivity contribution in [2.45, 2.75) is 20.1 Å². The van der Waals surface area contributed by atoms with Gasteiger partial charge in [-0.3, -0.25) is 0 Å². The van der Waals surface area contributed by atoms with E-state index in [1.165, 1.54) is 17.7 Å². The summed E-state index contributed by atoms with van der Waals surface area (Å²) in [6.07, 6.45) is 0. The Hall–Kier alpha value is -2.53. The van der Waals surface area contributed by atoms with Crippen LogP contribution in [0.3, 0.4) is 0 Å². The van der Waals surface area contributed by atoms with Crippen LogP contribution in [-0.4, -0.2) is 7.11 Å². The minimum absolute atomic E-state index is 0.260. The fourth-order valence-electron chi connectivity index (χ4n) is 2.60. The van der Waals surface area contributed by atoms with Gasteiger partial charge >= 0.3 is 0 Å². The first-order valence-corrected chi connectivity index (χ1v) is 9.38. The Balaban J connectivity index is 1.70. The molecule has 140 valence electrons. The van der Waals surface area contributed by atoms with Crippen LogP contribution >= 0.6 is 15.9 Å². The smallest absolute Gasteiger partial charge is 0.162 e. The molecule has 0 radical (unpaired) electrons. The van der Waals surface area contributed by atoms with Crippen LogP contribution in [0.25, 0.3) is 0 Å². The monoisotopic (exact) mass is 429 g/mol. The van der Waals surface area contributed by atoms with E-state index in [-0.39, 0.29) is 5.82 Å². The minimum Gasteiger partial charge on any atom is -0.493 e. The average molecular weight is 430 g/mol. The van der Waals surface area contributed by atoms with Crippen LogP contribution in [0.4, 0.5) is 10.1 Å². The quantitative estimate of drug-likeness (QED) is 0.492. The summed E-state index contributed by atoms with van der Waals surface area (Å²) in [6.45, 7) is 3.05. The molecule has 0 aliphatic carbocycles. The van der Waals surface area contributed by atoms with Gasteiger partial charge in [0.1, 0.15) is 12.4 Å². The fraction of sp³-hybridized carbons (Fsp3) is 0.182. The maximum atomic E-state index is 13.0. The van der Waals surface area contributed by atoms with Gasteiger partial charge in [0.05, 0.1) is 7.11 Å². The molecule has 0 saturated heterocycles. The predicted molar refractivity (Wildman–Crippen MR) is 110 cm³/mol. The van der Waals surface area contributed by atoms with E-state index in [1.54, 1.807) is 19.2 Å². The van der Waals surface area contributed by atoms with Crippen LogP contribution < -0.4 is 14.8 Å². The normalized spacial score (nSPS) is 10.5. The molecule has 0 unspecified atom stereocenters. The van der Waals surface area contributed by atoms with E-state index in [1.807, 2.05) is 12.1 Å². The number of methoxy groups -OCH3 is 1. The first-order valence-electron chi connectivity index (χ1n) is 8.59. The topological polar surface area (TPSA) is 30.5 Å². The third kappa shape index (κ3) is 5.23. The third-order valence-corrected chi connectivity index (χ3v) is 4.91. The Morgan fingerprint density at radius 3 is 2.33 bits per heavy atom. The van der Waals surface area contributed by atoms with Crippen molar-refractivity contribution in [3.05, 3.63) is 87.6 Å². The highest BCUT2D eigenvalue weighted by atomic mass is 79.9. The third-order valence-electron chi connectivity index (χ3n) is 4.17. The van der Waals surface area contributed by atoms with Gasteiger partial charge in [0.25, 0.3) is 0 Å². The van der Waals surface area contributed by atoms with Gasteiger partial charge in [-0.1, -0.05) is 45.8 Å². The highest BCUT2D eigenvalue weighted by molar-refractivity contribution is 9.10. The lowest BCUT2D eigenvalue weighted by atomic mass is 10.1. The van der Waals surface area contributed by atoms with Gasteiger partial charge in [-0.2, -0.15) is 0 Å². The summed E-state index contributed by atoms with van der Waals surface area (Å²) in [4.78, 5) is 0. The van der Waals surface area contributed by atoms with Crippen molar-refractivity contribution in [3.8, 4) is 11.5 Å². The lowest BCUT2D eigenvalue weighted by molar-refractivity contribution is 0.284. The van der Waals surface area contributed by atoms with Crippen LogP contribution in [-0.2, 0) is 13.2 Å². The van der Waals surface area contributed by atoms with E-state index in [4.69, 9.17) is 9.47 Å².